The fourth-order valence-corrected chi connectivity index (χ4v) is 1.85. The van der Waals surface area contributed by atoms with Crippen LogP contribution in [0, 0.1) is 17.8 Å². The average Bonchev–Trinajstić information content (AvgIpc) is 2.27. The van der Waals surface area contributed by atoms with Crippen LogP contribution in [0.1, 0.15) is 39.4 Å². The van der Waals surface area contributed by atoms with E-state index in [1.807, 2.05) is 30.3 Å². The van der Waals surface area contributed by atoms with E-state index in [4.69, 9.17) is 0 Å². The van der Waals surface area contributed by atoms with Crippen molar-refractivity contribution < 1.29 is 5.11 Å². The molecule has 1 nitrogen and oxygen atoms in total. The van der Waals surface area contributed by atoms with Crippen LogP contribution in [0.2, 0.25) is 0 Å². The zero-order valence-electron chi connectivity index (χ0n) is 10.1. The lowest BCUT2D eigenvalue weighted by Gasteiger charge is -2.28. The Morgan fingerprint density at radius 2 is 1.40 bits per heavy atom. The van der Waals surface area contributed by atoms with Gasteiger partial charge in [0.1, 0.15) is 0 Å². The molecule has 0 spiro atoms. The van der Waals surface area contributed by atoms with Crippen molar-refractivity contribution in [1.82, 2.24) is 0 Å². The van der Waals surface area contributed by atoms with Crippen LogP contribution in [0.3, 0.4) is 0 Å². The summed E-state index contributed by atoms with van der Waals surface area (Å²) in [6.07, 6.45) is -0.344. The Balaban J connectivity index is 2.73. The summed E-state index contributed by atoms with van der Waals surface area (Å²) >= 11 is 0. The van der Waals surface area contributed by atoms with Gasteiger partial charge in [-0.3, -0.25) is 0 Å². The highest BCUT2D eigenvalue weighted by atomic mass is 16.3. The maximum absolute atomic E-state index is 10.2. The molecule has 1 rings (SSSR count). The first kappa shape index (κ1) is 12.3. The van der Waals surface area contributed by atoms with Gasteiger partial charge in [0.2, 0.25) is 0 Å². The molecule has 0 amide bonds. The molecule has 1 aromatic carbocycles. The van der Waals surface area contributed by atoms with Crippen molar-refractivity contribution in [2.45, 2.75) is 33.8 Å². The smallest absolute Gasteiger partial charge is 0.0818 e. The van der Waals surface area contributed by atoms with E-state index < -0.39 is 0 Å². The highest BCUT2D eigenvalue weighted by Gasteiger charge is 2.23. The highest BCUT2D eigenvalue weighted by molar-refractivity contribution is 5.17. The second-order valence-corrected chi connectivity index (χ2v) is 4.82. The fraction of sp³-hybridized carbons (Fsp3) is 0.571. The Labute approximate surface area is 93.1 Å². The van der Waals surface area contributed by atoms with Crippen LogP contribution in [0.25, 0.3) is 0 Å². The topological polar surface area (TPSA) is 20.2 Å². The first-order chi connectivity index (χ1) is 7.04. The number of rotatable bonds is 4. The molecule has 0 saturated heterocycles. The molecule has 0 radical (unpaired) electrons. The van der Waals surface area contributed by atoms with E-state index in [1.165, 1.54) is 0 Å². The molecule has 0 heterocycles. The summed E-state index contributed by atoms with van der Waals surface area (Å²) < 4.78 is 0. The molecular formula is C14H22O. The Hall–Kier alpha value is -0.820. The number of hydrogen-bond acceptors (Lipinski definition) is 1. The van der Waals surface area contributed by atoms with Crippen LogP contribution < -0.4 is 0 Å². The third-order valence-corrected chi connectivity index (χ3v) is 3.52. The molecule has 0 aliphatic rings. The van der Waals surface area contributed by atoms with Crippen LogP contribution >= 0.6 is 0 Å². The van der Waals surface area contributed by atoms with Crippen LogP contribution in [0.5, 0.6) is 0 Å². The van der Waals surface area contributed by atoms with Crippen LogP contribution in [-0.2, 0) is 0 Å². The first-order valence-electron chi connectivity index (χ1n) is 5.77. The summed E-state index contributed by atoms with van der Waals surface area (Å²) in [7, 11) is 0. The Morgan fingerprint density at radius 1 is 0.867 bits per heavy atom. The van der Waals surface area contributed by atoms with Gasteiger partial charge in [-0.1, -0.05) is 58.0 Å². The lowest BCUT2D eigenvalue weighted by Crippen LogP contribution is -2.21. The van der Waals surface area contributed by atoms with E-state index in [0.717, 1.165) is 5.56 Å². The quantitative estimate of drug-likeness (QED) is 0.797. The lowest BCUT2D eigenvalue weighted by molar-refractivity contribution is 0.0727. The van der Waals surface area contributed by atoms with Crippen molar-refractivity contribution in [2.75, 3.05) is 0 Å². The summed E-state index contributed by atoms with van der Waals surface area (Å²) in [5.74, 6) is 1.44. The number of benzene rings is 1. The van der Waals surface area contributed by atoms with E-state index in [9.17, 15) is 5.11 Å². The van der Waals surface area contributed by atoms with Gasteiger partial charge in [-0.05, 0) is 23.3 Å². The maximum Gasteiger partial charge on any atom is 0.0818 e. The van der Waals surface area contributed by atoms with Gasteiger partial charge in [0.05, 0.1) is 6.10 Å². The molecule has 0 bridgehead atoms. The summed E-state index contributed by atoms with van der Waals surface area (Å²) in [6, 6.07) is 9.92. The number of aliphatic hydroxyl groups is 1. The summed E-state index contributed by atoms with van der Waals surface area (Å²) in [5, 5.41) is 10.2. The Bertz CT molecular complexity index is 279. The van der Waals surface area contributed by atoms with Gasteiger partial charge in [0.25, 0.3) is 0 Å². The van der Waals surface area contributed by atoms with Gasteiger partial charge in [0, 0.05) is 0 Å². The molecule has 0 aromatic heterocycles. The standard InChI is InChI=1S/C14H22O/c1-10(2)11(3)12(4)14(15)13-8-6-5-7-9-13/h5-12,14-15H,1-4H3. The average molecular weight is 206 g/mol. The van der Waals surface area contributed by atoms with Gasteiger partial charge in [-0.2, -0.15) is 0 Å². The molecule has 0 aliphatic heterocycles. The molecule has 0 saturated carbocycles. The van der Waals surface area contributed by atoms with Crippen molar-refractivity contribution in [3.05, 3.63) is 35.9 Å². The van der Waals surface area contributed by atoms with Crippen LogP contribution in [0.4, 0.5) is 0 Å². The molecule has 84 valence electrons. The minimum Gasteiger partial charge on any atom is -0.388 e. The predicted molar refractivity (Wildman–Crippen MR) is 64.6 cm³/mol. The predicted octanol–water partition coefficient (Wildman–Crippen LogP) is 3.65. The minimum absolute atomic E-state index is 0.299. The molecule has 1 aromatic rings. The van der Waals surface area contributed by atoms with Crippen molar-refractivity contribution in [3.63, 3.8) is 0 Å². The van der Waals surface area contributed by atoms with Crippen molar-refractivity contribution in [1.29, 1.82) is 0 Å². The number of hydrogen-bond donors (Lipinski definition) is 1. The summed E-state index contributed by atoms with van der Waals surface area (Å²) in [5.41, 5.74) is 1.03. The maximum atomic E-state index is 10.2. The van der Waals surface area contributed by atoms with E-state index in [1.54, 1.807) is 0 Å². The minimum atomic E-state index is -0.344. The third kappa shape index (κ3) is 3.07. The van der Waals surface area contributed by atoms with E-state index in [0.29, 0.717) is 17.8 Å². The van der Waals surface area contributed by atoms with E-state index in [2.05, 4.69) is 27.7 Å². The molecule has 0 aliphatic carbocycles. The SMILES string of the molecule is CC(C)C(C)C(C)C(O)c1ccccc1. The van der Waals surface area contributed by atoms with Crippen LogP contribution in [0.15, 0.2) is 30.3 Å². The van der Waals surface area contributed by atoms with E-state index >= 15 is 0 Å². The van der Waals surface area contributed by atoms with Crippen LogP contribution in [-0.4, -0.2) is 5.11 Å². The van der Waals surface area contributed by atoms with Gasteiger partial charge in [-0.15, -0.1) is 0 Å². The van der Waals surface area contributed by atoms with Crippen molar-refractivity contribution in [3.8, 4) is 0 Å². The second-order valence-electron chi connectivity index (χ2n) is 4.82. The highest BCUT2D eigenvalue weighted by Crippen LogP contribution is 2.31. The monoisotopic (exact) mass is 206 g/mol. The zero-order chi connectivity index (χ0) is 11.4. The summed E-state index contributed by atoms with van der Waals surface area (Å²) in [4.78, 5) is 0. The molecular weight excluding hydrogens is 184 g/mol. The largest absolute Gasteiger partial charge is 0.388 e. The van der Waals surface area contributed by atoms with Gasteiger partial charge >= 0.3 is 0 Å². The van der Waals surface area contributed by atoms with E-state index in [-0.39, 0.29) is 6.10 Å². The molecule has 1 heteroatoms. The number of aliphatic hydroxyl groups excluding tert-OH is 1. The van der Waals surface area contributed by atoms with Gasteiger partial charge in [0.15, 0.2) is 0 Å². The molecule has 3 unspecified atom stereocenters. The molecule has 0 fully saturated rings. The second kappa shape index (κ2) is 5.32. The third-order valence-electron chi connectivity index (χ3n) is 3.52. The van der Waals surface area contributed by atoms with Gasteiger partial charge < -0.3 is 5.11 Å². The molecule has 3 atom stereocenters. The van der Waals surface area contributed by atoms with Gasteiger partial charge in [-0.25, -0.2) is 0 Å². The molecule has 15 heavy (non-hydrogen) atoms. The van der Waals surface area contributed by atoms with Crippen molar-refractivity contribution >= 4 is 0 Å². The first-order valence-corrected chi connectivity index (χ1v) is 5.77. The fourth-order valence-electron chi connectivity index (χ4n) is 1.85. The molecule has 1 N–H and O–H groups in total. The lowest BCUT2D eigenvalue weighted by atomic mass is 9.81. The Kier molecular flexibility index (Phi) is 4.34. The zero-order valence-corrected chi connectivity index (χ0v) is 10.1. The summed E-state index contributed by atoms with van der Waals surface area (Å²) in [6.45, 7) is 8.75. The van der Waals surface area contributed by atoms with Crippen molar-refractivity contribution in [2.24, 2.45) is 17.8 Å². The Morgan fingerprint density at radius 3 is 1.87 bits per heavy atom. The normalized spacial score (nSPS) is 17.5.